The van der Waals surface area contributed by atoms with Crippen molar-refractivity contribution in [3.05, 3.63) is 29.3 Å². The standard InChI is InChI=1S/C13H18N2O2/c1-9-4-3-5-11(14)12(9)13(16)15-6-7-17-8-10(15)2/h3-5,10H,6-8,14H2,1-2H3. The maximum Gasteiger partial charge on any atom is 0.256 e. The molecule has 17 heavy (non-hydrogen) atoms. The van der Waals surface area contributed by atoms with E-state index in [0.717, 1.165) is 5.56 Å². The van der Waals surface area contributed by atoms with Crippen LogP contribution in [-0.2, 0) is 4.74 Å². The number of morpholine rings is 1. The molecule has 0 bridgehead atoms. The maximum atomic E-state index is 12.4. The van der Waals surface area contributed by atoms with Crippen LogP contribution in [0.2, 0.25) is 0 Å². The number of carbonyl (C=O) groups is 1. The predicted molar refractivity (Wildman–Crippen MR) is 66.9 cm³/mol. The van der Waals surface area contributed by atoms with E-state index in [1.165, 1.54) is 0 Å². The van der Waals surface area contributed by atoms with Crippen LogP contribution in [0.1, 0.15) is 22.8 Å². The van der Waals surface area contributed by atoms with Crippen molar-refractivity contribution >= 4 is 11.6 Å². The lowest BCUT2D eigenvalue weighted by Crippen LogP contribution is -2.47. The van der Waals surface area contributed by atoms with Gasteiger partial charge in [-0.25, -0.2) is 0 Å². The Balaban J connectivity index is 2.30. The van der Waals surface area contributed by atoms with Gasteiger partial charge in [0.1, 0.15) is 0 Å². The average Bonchev–Trinajstić information content (AvgIpc) is 2.29. The van der Waals surface area contributed by atoms with Gasteiger partial charge in [0.2, 0.25) is 0 Å². The van der Waals surface area contributed by atoms with Crippen LogP contribution < -0.4 is 5.73 Å². The molecule has 1 saturated heterocycles. The predicted octanol–water partition coefficient (Wildman–Crippen LogP) is 1.44. The highest BCUT2D eigenvalue weighted by atomic mass is 16.5. The number of nitrogen functional groups attached to an aromatic ring is 1. The summed E-state index contributed by atoms with van der Waals surface area (Å²) in [6, 6.07) is 5.65. The minimum absolute atomic E-state index is 0.0106. The van der Waals surface area contributed by atoms with Gasteiger partial charge in [-0.15, -0.1) is 0 Å². The Morgan fingerprint density at radius 3 is 2.94 bits per heavy atom. The lowest BCUT2D eigenvalue weighted by molar-refractivity contribution is 0.00361. The first-order valence-electron chi connectivity index (χ1n) is 5.85. The number of rotatable bonds is 1. The summed E-state index contributed by atoms with van der Waals surface area (Å²) >= 11 is 0. The molecule has 1 aromatic rings. The van der Waals surface area contributed by atoms with Crippen molar-refractivity contribution in [3.63, 3.8) is 0 Å². The van der Waals surface area contributed by atoms with Crippen LogP contribution >= 0.6 is 0 Å². The molecule has 1 amide bonds. The first-order valence-corrected chi connectivity index (χ1v) is 5.85. The lowest BCUT2D eigenvalue weighted by Gasteiger charge is -2.34. The van der Waals surface area contributed by atoms with Gasteiger partial charge < -0.3 is 15.4 Å². The van der Waals surface area contributed by atoms with E-state index >= 15 is 0 Å². The van der Waals surface area contributed by atoms with E-state index in [4.69, 9.17) is 10.5 Å². The molecule has 1 unspecified atom stereocenters. The summed E-state index contributed by atoms with van der Waals surface area (Å²) in [7, 11) is 0. The fourth-order valence-corrected chi connectivity index (χ4v) is 2.16. The quantitative estimate of drug-likeness (QED) is 0.748. The van der Waals surface area contributed by atoms with Crippen LogP contribution in [0.4, 0.5) is 5.69 Å². The van der Waals surface area contributed by atoms with Crippen LogP contribution in [0.25, 0.3) is 0 Å². The van der Waals surface area contributed by atoms with Crippen molar-refractivity contribution in [1.82, 2.24) is 4.90 Å². The molecule has 0 radical (unpaired) electrons. The minimum Gasteiger partial charge on any atom is -0.398 e. The molecule has 1 aliphatic heterocycles. The van der Waals surface area contributed by atoms with E-state index < -0.39 is 0 Å². The van der Waals surface area contributed by atoms with Gasteiger partial charge in [0.05, 0.1) is 24.8 Å². The van der Waals surface area contributed by atoms with Crippen molar-refractivity contribution in [2.45, 2.75) is 19.9 Å². The first-order chi connectivity index (χ1) is 8.11. The molecule has 1 heterocycles. The maximum absolute atomic E-state index is 12.4. The van der Waals surface area contributed by atoms with Gasteiger partial charge in [-0.2, -0.15) is 0 Å². The Morgan fingerprint density at radius 1 is 1.53 bits per heavy atom. The molecule has 2 N–H and O–H groups in total. The van der Waals surface area contributed by atoms with Crippen LogP contribution in [-0.4, -0.2) is 36.6 Å². The van der Waals surface area contributed by atoms with Crippen molar-refractivity contribution in [2.75, 3.05) is 25.5 Å². The molecule has 0 saturated carbocycles. The largest absolute Gasteiger partial charge is 0.398 e. The lowest BCUT2D eigenvalue weighted by atomic mass is 10.0. The molecular formula is C13H18N2O2. The zero-order chi connectivity index (χ0) is 12.4. The summed E-state index contributed by atoms with van der Waals surface area (Å²) in [5.74, 6) is 0.0106. The normalized spacial score (nSPS) is 20.4. The van der Waals surface area contributed by atoms with E-state index in [0.29, 0.717) is 31.0 Å². The average molecular weight is 234 g/mol. The molecule has 1 fully saturated rings. The SMILES string of the molecule is Cc1cccc(N)c1C(=O)N1CCOCC1C. The molecule has 1 aromatic carbocycles. The van der Waals surface area contributed by atoms with E-state index in [1.807, 2.05) is 30.9 Å². The molecule has 0 aliphatic carbocycles. The van der Waals surface area contributed by atoms with Crippen molar-refractivity contribution in [3.8, 4) is 0 Å². The van der Waals surface area contributed by atoms with E-state index in [9.17, 15) is 4.79 Å². The van der Waals surface area contributed by atoms with Gasteiger partial charge in [-0.05, 0) is 25.5 Å². The zero-order valence-corrected chi connectivity index (χ0v) is 10.3. The van der Waals surface area contributed by atoms with Gasteiger partial charge in [0, 0.05) is 12.2 Å². The highest BCUT2D eigenvalue weighted by molar-refractivity contribution is 6.00. The summed E-state index contributed by atoms with van der Waals surface area (Å²) in [6.45, 7) is 5.73. The van der Waals surface area contributed by atoms with Crippen LogP contribution in [0.15, 0.2) is 18.2 Å². The summed E-state index contributed by atoms with van der Waals surface area (Å²) in [5, 5.41) is 0. The molecule has 4 heteroatoms. The Hall–Kier alpha value is -1.55. The number of aryl methyl sites for hydroxylation is 1. The van der Waals surface area contributed by atoms with E-state index in [-0.39, 0.29) is 11.9 Å². The number of amides is 1. The third kappa shape index (κ3) is 2.26. The number of benzene rings is 1. The van der Waals surface area contributed by atoms with Crippen LogP contribution in [0.3, 0.4) is 0 Å². The molecular weight excluding hydrogens is 216 g/mol. The van der Waals surface area contributed by atoms with Gasteiger partial charge >= 0.3 is 0 Å². The molecule has 1 aliphatic rings. The number of hydrogen-bond acceptors (Lipinski definition) is 3. The summed E-state index contributed by atoms with van der Waals surface area (Å²) in [4.78, 5) is 14.3. The topological polar surface area (TPSA) is 55.6 Å². The van der Waals surface area contributed by atoms with Gasteiger partial charge in [0.15, 0.2) is 0 Å². The highest BCUT2D eigenvalue weighted by Crippen LogP contribution is 2.20. The molecule has 92 valence electrons. The monoisotopic (exact) mass is 234 g/mol. The second-order valence-corrected chi connectivity index (χ2v) is 4.46. The van der Waals surface area contributed by atoms with Gasteiger partial charge in [0.25, 0.3) is 5.91 Å². The Morgan fingerprint density at radius 2 is 2.29 bits per heavy atom. The van der Waals surface area contributed by atoms with Crippen molar-refractivity contribution in [2.24, 2.45) is 0 Å². The Kier molecular flexibility index (Phi) is 3.33. The smallest absolute Gasteiger partial charge is 0.256 e. The van der Waals surface area contributed by atoms with E-state index in [2.05, 4.69) is 0 Å². The molecule has 2 rings (SSSR count). The highest BCUT2D eigenvalue weighted by Gasteiger charge is 2.26. The first kappa shape index (κ1) is 11.9. The second kappa shape index (κ2) is 4.75. The van der Waals surface area contributed by atoms with Crippen molar-refractivity contribution in [1.29, 1.82) is 0 Å². The Labute approximate surface area is 101 Å². The second-order valence-electron chi connectivity index (χ2n) is 4.46. The number of anilines is 1. The number of carbonyl (C=O) groups excluding carboxylic acids is 1. The third-order valence-corrected chi connectivity index (χ3v) is 3.15. The fourth-order valence-electron chi connectivity index (χ4n) is 2.16. The molecule has 0 spiro atoms. The van der Waals surface area contributed by atoms with Crippen LogP contribution in [0.5, 0.6) is 0 Å². The van der Waals surface area contributed by atoms with Gasteiger partial charge in [-0.1, -0.05) is 12.1 Å². The van der Waals surface area contributed by atoms with E-state index in [1.54, 1.807) is 6.07 Å². The van der Waals surface area contributed by atoms with Crippen molar-refractivity contribution < 1.29 is 9.53 Å². The summed E-state index contributed by atoms with van der Waals surface area (Å²) in [6.07, 6.45) is 0. The number of nitrogens with zero attached hydrogens (tertiary/aromatic N) is 1. The minimum atomic E-state index is 0.0106. The number of hydrogen-bond donors (Lipinski definition) is 1. The number of ether oxygens (including phenoxy) is 1. The fraction of sp³-hybridized carbons (Fsp3) is 0.462. The molecule has 1 atom stereocenters. The summed E-state index contributed by atoms with van der Waals surface area (Å²) < 4.78 is 5.33. The molecule has 4 nitrogen and oxygen atoms in total. The zero-order valence-electron chi connectivity index (χ0n) is 10.3. The van der Waals surface area contributed by atoms with Gasteiger partial charge in [-0.3, -0.25) is 4.79 Å². The molecule has 0 aromatic heterocycles. The Bertz CT molecular complexity index is 411. The number of nitrogens with two attached hydrogens (primary N) is 1. The third-order valence-electron chi connectivity index (χ3n) is 3.15. The summed E-state index contributed by atoms with van der Waals surface area (Å²) in [5.41, 5.74) is 8.00. The van der Waals surface area contributed by atoms with Crippen LogP contribution in [0, 0.1) is 6.92 Å².